The molecule has 0 spiro atoms. The second-order valence-corrected chi connectivity index (χ2v) is 6.32. The lowest BCUT2D eigenvalue weighted by Gasteiger charge is -2.26. The highest BCUT2D eigenvalue weighted by atomic mass is 15.1. The number of hydrogen-bond donors (Lipinski definition) is 1. The molecule has 1 aromatic heterocycles. The fourth-order valence-electron chi connectivity index (χ4n) is 3.22. The van der Waals surface area contributed by atoms with Gasteiger partial charge in [-0.1, -0.05) is 20.3 Å². The standard InChI is InChI=1S/C18H31N3/c1-4-9-19-13-17-14-20-15(3)12-18(17)21-10-6-7-16(5-2)8-11-21/h12,14,16,19H,4-11,13H2,1-3H3. The van der Waals surface area contributed by atoms with E-state index in [1.165, 1.54) is 56.4 Å². The quantitative estimate of drug-likeness (QED) is 0.805. The van der Waals surface area contributed by atoms with Crippen LogP contribution in [0.15, 0.2) is 12.3 Å². The van der Waals surface area contributed by atoms with Crippen LogP contribution in [0.2, 0.25) is 0 Å². The molecule has 1 atom stereocenters. The molecule has 1 saturated heterocycles. The van der Waals surface area contributed by atoms with Crippen molar-refractivity contribution in [1.29, 1.82) is 0 Å². The smallest absolute Gasteiger partial charge is 0.0445 e. The highest BCUT2D eigenvalue weighted by molar-refractivity contribution is 5.53. The van der Waals surface area contributed by atoms with Gasteiger partial charge in [0.25, 0.3) is 0 Å². The van der Waals surface area contributed by atoms with Crippen molar-refractivity contribution in [2.24, 2.45) is 5.92 Å². The van der Waals surface area contributed by atoms with Crippen molar-refractivity contribution in [3.63, 3.8) is 0 Å². The van der Waals surface area contributed by atoms with Crippen molar-refractivity contribution >= 4 is 5.69 Å². The second kappa shape index (κ2) is 8.38. The van der Waals surface area contributed by atoms with Crippen LogP contribution in [0.25, 0.3) is 0 Å². The van der Waals surface area contributed by atoms with E-state index in [2.05, 4.69) is 48.2 Å². The van der Waals surface area contributed by atoms with E-state index in [9.17, 15) is 0 Å². The molecule has 0 aromatic carbocycles. The largest absolute Gasteiger partial charge is 0.371 e. The van der Waals surface area contributed by atoms with Gasteiger partial charge in [-0.3, -0.25) is 4.98 Å². The van der Waals surface area contributed by atoms with Gasteiger partial charge in [-0.05, 0) is 51.1 Å². The summed E-state index contributed by atoms with van der Waals surface area (Å²) < 4.78 is 0. The zero-order chi connectivity index (χ0) is 15.1. The van der Waals surface area contributed by atoms with E-state index in [4.69, 9.17) is 0 Å². The molecule has 21 heavy (non-hydrogen) atoms. The third kappa shape index (κ3) is 4.70. The van der Waals surface area contributed by atoms with E-state index in [1.807, 2.05) is 0 Å². The Morgan fingerprint density at radius 3 is 2.90 bits per heavy atom. The van der Waals surface area contributed by atoms with Crippen LogP contribution in [0.5, 0.6) is 0 Å². The predicted octanol–water partition coefficient (Wildman–Crippen LogP) is 3.91. The lowest BCUT2D eigenvalue weighted by molar-refractivity contribution is 0.459. The van der Waals surface area contributed by atoms with Gasteiger partial charge in [-0.15, -0.1) is 0 Å². The van der Waals surface area contributed by atoms with Crippen LogP contribution < -0.4 is 10.2 Å². The van der Waals surface area contributed by atoms with Crippen LogP contribution in [-0.2, 0) is 6.54 Å². The summed E-state index contributed by atoms with van der Waals surface area (Å²) in [5.41, 5.74) is 3.88. The molecule has 0 saturated carbocycles. The van der Waals surface area contributed by atoms with E-state index < -0.39 is 0 Å². The molecular formula is C18H31N3. The number of pyridine rings is 1. The van der Waals surface area contributed by atoms with E-state index in [0.717, 1.165) is 24.7 Å². The first-order valence-electron chi connectivity index (χ1n) is 8.65. The Bertz CT molecular complexity index is 430. The second-order valence-electron chi connectivity index (χ2n) is 6.32. The SMILES string of the molecule is CCCNCc1cnc(C)cc1N1CCCC(CC)CC1. The van der Waals surface area contributed by atoms with Crippen LogP contribution in [0.3, 0.4) is 0 Å². The van der Waals surface area contributed by atoms with Crippen LogP contribution in [0, 0.1) is 12.8 Å². The van der Waals surface area contributed by atoms with Gasteiger partial charge < -0.3 is 10.2 Å². The Balaban J connectivity index is 2.10. The number of aryl methyl sites for hydroxylation is 1. The Hall–Kier alpha value is -1.09. The first-order chi connectivity index (χ1) is 10.2. The molecule has 1 aliphatic heterocycles. The van der Waals surface area contributed by atoms with Crippen LogP contribution in [-0.4, -0.2) is 24.6 Å². The summed E-state index contributed by atoms with van der Waals surface area (Å²) in [6.45, 7) is 11.0. The topological polar surface area (TPSA) is 28.2 Å². The number of nitrogens with one attached hydrogen (secondary N) is 1. The van der Waals surface area contributed by atoms with E-state index in [0.29, 0.717) is 0 Å². The zero-order valence-electron chi connectivity index (χ0n) is 14.0. The molecule has 1 aliphatic rings. The molecule has 1 unspecified atom stereocenters. The minimum absolute atomic E-state index is 0.916. The van der Waals surface area contributed by atoms with Gasteiger partial charge >= 0.3 is 0 Å². The maximum Gasteiger partial charge on any atom is 0.0445 e. The van der Waals surface area contributed by atoms with E-state index in [-0.39, 0.29) is 0 Å². The van der Waals surface area contributed by atoms with Gasteiger partial charge in [0.15, 0.2) is 0 Å². The summed E-state index contributed by atoms with van der Waals surface area (Å²) in [6.07, 6.45) is 8.61. The van der Waals surface area contributed by atoms with Gasteiger partial charge in [0.1, 0.15) is 0 Å². The molecule has 3 nitrogen and oxygen atoms in total. The van der Waals surface area contributed by atoms with Crippen molar-refractivity contribution in [1.82, 2.24) is 10.3 Å². The Labute approximate surface area is 130 Å². The molecule has 1 fully saturated rings. The molecule has 118 valence electrons. The molecule has 2 rings (SSSR count). The van der Waals surface area contributed by atoms with E-state index in [1.54, 1.807) is 0 Å². The van der Waals surface area contributed by atoms with Crippen LogP contribution >= 0.6 is 0 Å². The molecule has 0 radical (unpaired) electrons. The minimum atomic E-state index is 0.916. The van der Waals surface area contributed by atoms with Crippen molar-refractivity contribution in [2.45, 2.75) is 59.4 Å². The average Bonchev–Trinajstić information content (AvgIpc) is 2.74. The molecule has 0 bridgehead atoms. The molecule has 0 amide bonds. The lowest BCUT2D eigenvalue weighted by Crippen LogP contribution is -2.27. The summed E-state index contributed by atoms with van der Waals surface area (Å²) in [6, 6.07) is 2.27. The zero-order valence-corrected chi connectivity index (χ0v) is 14.0. The van der Waals surface area contributed by atoms with Crippen LogP contribution in [0.4, 0.5) is 5.69 Å². The maximum absolute atomic E-state index is 4.50. The normalized spacial score (nSPS) is 19.6. The van der Waals surface area contributed by atoms with E-state index >= 15 is 0 Å². The molecule has 3 heteroatoms. The Morgan fingerprint density at radius 2 is 2.14 bits per heavy atom. The van der Waals surface area contributed by atoms with Gasteiger partial charge in [-0.2, -0.15) is 0 Å². The fraction of sp³-hybridized carbons (Fsp3) is 0.722. The van der Waals surface area contributed by atoms with Crippen molar-refractivity contribution in [2.75, 3.05) is 24.5 Å². The predicted molar refractivity (Wildman–Crippen MR) is 90.8 cm³/mol. The third-order valence-corrected chi connectivity index (χ3v) is 4.61. The molecule has 0 aliphatic carbocycles. The minimum Gasteiger partial charge on any atom is -0.371 e. The molecule has 2 heterocycles. The van der Waals surface area contributed by atoms with Gasteiger partial charge in [0, 0.05) is 42.8 Å². The summed E-state index contributed by atoms with van der Waals surface area (Å²) in [7, 11) is 0. The maximum atomic E-state index is 4.50. The highest BCUT2D eigenvalue weighted by Gasteiger charge is 2.18. The number of hydrogen-bond acceptors (Lipinski definition) is 3. The van der Waals surface area contributed by atoms with Crippen LogP contribution in [0.1, 0.15) is 57.2 Å². The summed E-state index contributed by atoms with van der Waals surface area (Å²) in [5, 5.41) is 3.52. The number of nitrogens with zero attached hydrogens (tertiary/aromatic N) is 2. The first kappa shape index (κ1) is 16.3. The highest BCUT2D eigenvalue weighted by Crippen LogP contribution is 2.27. The van der Waals surface area contributed by atoms with Gasteiger partial charge in [0.2, 0.25) is 0 Å². The summed E-state index contributed by atoms with van der Waals surface area (Å²) >= 11 is 0. The first-order valence-corrected chi connectivity index (χ1v) is 8.65. The molecule has 1 aromatic rings. The lowest BCUT2D eigenvalue weighted by atomic mass is 9.98. The fourth-order valence-corrected chi connectivity index (χ4v) is 3.22. The Kier molecular flexibility index (Phi) is 6.50. The third-order valence-electron chi connectivity index (χ3n) is 4.61. The summed E-state index contributed by atoms with van der Waals surface area (Å²) in [4.78, 5) is 7.09. The van der Waals surface area contributed by atoms with Crippen molar-refractivity contribution < 1.29 is 0 Å². The average molecular weight is 289 g/mol. The van der Waals surface area contributed by atoms with Gasteiger partial charge in [0.05, 0.1) is 0 Å². The molecule has 1 N–H and O–H groups in total. The Morgan fingerprint density at radius 1 is 1.29 bits per heavy atom. The molecular weight excluding hydrogens is 258 g/mol. The van der Waals surface area contributed by atoms with Crippen molar-refractivity contribution in [3.8, 4) is 0 Å². The monoisotopic (exact) mass is 289 g/mol. The number of anilines is 1. The van der Waals surface area contributed by atoms with Gasteiger partial charge in [-0.25, -0.2) is 0 Å². The number of aromatic nitrogens is 1. The number of rotatable bonds is 6. The van der Waals surface area contributed by atoms with Crippen molar-refractivity contribution in [3.05, 3.63) is 23.5 Å². The summed E-state index contributed by atoms with van der Waals surface area (Å²) in [5.74, 6) is 0.916.